The Morgan fingerprint density at radius 1 is 1.28 bits per heavy atom. The number of thiophene rings is 1. The van der Waals surface area contributed by atoms with Crippen LogP contribution in [0, 0.1) is 0 Å². The van der Waals surface area contributed by atoms with Crippen molar-refractivity contribution in [2.45, 2.75) is 10.6 Å². The number of carbonyl (C=O) groups is 1. The van der Waals surface area contributed by atoms with E-state index in [2.05, 4.69) is 12.1 Å². The Hall–Kier alpha value is -1.52. The van der Waals surface area contributed by atoms with E-state index in [1.54, 1.807) is 23.1 Å². The first kappa shape index (κ1) is 11.6. The first-order valence-electron chi connectivity index (χ1n) is 5.49. The first-order valence-corrected chi connectivity index (χ1v) is 7.36. The second kappa shape index (κ2) is 4.63. The van der Waals surface area contributed by atoms with Gasteiger partial charge in [-0.3, -0.25) is 0 Å². The van der Waals surface area contributed by atoms with Gasteiger partial charge in [0.25, 0.3) is 0 Å². The number of aliphatic carboxylic acids is 1. The van der Waals surface area contributed by atoms with E-state index < -0.39 is 5.97 Å². The van der Waals surface area contributed by atoms with Crippen LogP contribution < -0.4 is 0 Å². The molecule has 0 atom stereocenters. The van der Waals surface area contributed by atoms with E-state index in [0.717, 1.165) is 21.8 Å². The molecule has 0 spiro atoms. The van der Waals surface area contributed by atoms with Crippen LogP contribution in [0.1, 0.15) is 16.0 Å². The lowest BCUT2D eigenvalue weighted by Crippen LogP contribution is -1.95. The third kappa shape index (κ3) is 1.98. The molecule has 0 amide bonds. The number of rotatable bonds is 1. The van der Waals surface area contributed by atoms with Gasteiger partial charge in [-0.1, -0.05) is 24.3 Å². The molecule has 4 heteroatoms. The van der Waals surface area contributed by atoms with E-state index in [0.29, 0.717) is 0 Å². The Morgan fingerprint density at radius 3 is 2.94 bits per heavy atom. The van der Waals surface area contributed by atoms with Crippen molar-refractivity contribution < 1.29 is 9.90 Å². The number of thioether (sulfide) groups is 1. The van der Waals surface area contributed by atoms with Crippen LogP contribution in [0.2, 0.25) is 0 Å². The van der Waals surface area contributed by atoms with Crippen LogP contribution in [0.3, 0.4) is 0 Å². The highest BCUT2D eigenvalue weighted by atomic mass is 32.2. The van der Waals surface area contributed by atoms with Crippen molar-refractivity contribution in [2.75, 3.05) is 0 Å². The van der Waals surface area contributed by atoms with Gasteiger partial charge < -0.3 is 5.11 Å². The van der Waals surface area contributed by atoms with Gasteiger partial charge in [-0.25, -0.2) is 4.79 Å². The smallest absolute Gasteiger partial charge is 0.328 e. The number of fused-ring (bicyclic) bond motifs is 2. The highest BCUT2D eigenvalue weighted by Gasteiger charge is 2.20. The summed E-state index contributed by atoms with van der Waals surface area (Å²) in [6, 6.07) is 10.1. The summed E-state index contributed by atoms with van der Waals surface area (Å²) in [6.07, 6.45) is 1.32. The maximum absolute atomic E-state index is 11.0. The van der Waals surface area contributed by atoms with E-state index in [1.807, 2.05) is 23.6 Å². The van der Waals surface area contributed by atoms with Crippen molar-refractivity contribution in [3.63, 3.8) is 0 Å². The third-order valence-corrected chi connectivity index (χ3v) is 5.02. The molecule has 0 bridgehead atoms. The van der Waals surface area contributed by atoms with Crippen LogP contribution in [-0.2, 0) is 10.5 Å². The lowest BCUT2D eigenvalue weighted by Gasteiger charge is -2.07. The van der Waals surface area contributed by atoms with Crippen LogP contribution in [0.15, 0.2) is 46.7 Å². The quantitative estimate of drug-likeness (QED) is 0.802. The Labute approximate surface area is 113 Å². The van der Waals surface area contributed by atoms with Gasteiger partial charge in [-0.05, 0) is 22.6 Å². The fraction of sp³-hybridized carbons (Fsp3) is 0.0714. The Kier molecular flexibility index (Phi) is 2.97. The molecule has 0 radical (unpaired) electrons. The standard InChI is InChI=1S/C14H10O2S2/c15-13(16)7-11-10-4-2-1-3-9(10)8-18-12-5-6-17-14(11)12/h1-7H,8H2,(H,15,16)/b11-7+. The minimum atomic E-state index is -0.897. The summed E-state index contributed by atoms with van der Waals surface area (Å²) in [7, 11) is 0. The molecule has 1 aliphatic rings. The lowest BCUT2D eigenvalue weighted by atomic mass is 9.99. The molecule has 1 aromatic heterocycles. The van der Waals surface area contributed by atoms with Gasteiger partial charge in [0, 0.05) is 27.2 Å². The van der Waals surface area contributed by atoms with Crippen molar-refractivity contribution in [3.05, 3.63) is 57.8 Å². The highest BCUT2D eigenvalue weighted by molar-refractivity contribution is 7.98. The third-order valence-electron chi connectivity index (χ3n) is 2.83. The molecule has 0 saturated heterocycles. The number of hydrogen-bond donors (Lipinski definition) is 1. The van der Waals surface area contributed by atoms with Crippen molar-refractivity contribution in [3.8, 4) is 0 Å². The summed E-state index contributed by atoms with van der Waals surface area (Å²) >= 11 is 3.37. The minimum absolute atomic E-state index is 0.827. The fourth-order valence-electron chi connectivity index (χ4n) is 2.06. The summed E-state index contributed by atoms with van der Waals surface area (Å²) < 4.78 is 0. The van der Waals surface area contributed by atoms with Crippen molar-refractivity contribution in [2.24, 2.45) is 0 Å². The maximum atomic E-state index is 11.0. The zero-order valence-electron chi connectivity index (χ0n) is 9.42. The minimum Gasteiger partial charge on any atom is -0.478 e. The number of hydrogen-bond acceptors (Lipinski definition) is 3. The van der Waals surface area contributed by atoms with Crippen LogP contribution in [0.5, 0.6) is 0 Å². The van der Waals surface area contributed by atoms with Gasteiger partial charge in [0.05, 0.1) is 0 Å². The molecule has 2 nitrogen and oxygen atoms in total. The molecule has 0 unspecified atom stereocenters. The summed E-state index contributed by atoms with van der Waals surface area (Å²) in [5.41, 5.74) is 3.06. The van der Waals surface area contributed by atoms with Crippen molar-refractivity contribution in [1.82, 2.24) is 0 Å². The molecular weight excluding hydrogens is 264 g/mol. The van der Waals surface area contributed by atoms with Crippen LogP contribution >= 0.6 is 23.1 Å². The summed E-state index contributed by atoms with van der Waals surface area (Å²) in [4.78, 5) is 13.3. The van der Waals surface area contributed by atoms with Crippen LogP contribution in [-0.4, -0.2) is 11.1 Å². The predicted molar refractivity (Wildman–Crippen MR) is 75.0 cm³/mol. The van der Waals surface area contributed by atoms with E-state index in [-0.39, 0.29) is 0 Å². The summed E-state index contributed by atoms with van der Waals surface area (Å²) in [5.74, 6) is -0.0114. The first-order chi connectivity index (χ1) is 8.75. The van der Waals surface area contributed by atoms with E-state index in [1.165, 1.54) is 16.5 Å². The Balaban J connectivity index is 2.26. The normalized spacial score (nSPS) is 15.9. The molecule has 2 aromatic rings. The summed E-state index contributed by atoms with van der Waals surface area (Å²) in [5, 5.41) is 11.1. The molecule has 0 aliphatic carbocycles. The molecule has 1 aromatic carbocycles. The number of carboxylic acid groups (broad SMARTS) is 1. The van der Waals surface area contributed by atoms with Crippen LogP contribution in [0.25, 0.3) is 5.57 Å². The SMILES string of the molecule is O=C(O)/C=C1\c2ccccc2CSc2ccsc21. The van der Waals surface area contributed by atoms with Gasteiger partial charge in [0.15, 0.2) is 0 Å². The molecule has 2 heterocycles. The van der Waals surface area contributed by atoms with Crippen LogP contribution in [0.4, 0.5) is 0 Å². The van der Waals surface area contributed by atoms with Gasteiger partial charge in [-0.2, -0.15) is 0 Å². The van der Waals surface area contributed by atoms with Crippen molar-refractivity contribution in [1.29, 1.82) is 0 Å². The van der Waals surface area contributed by atoms with E-state index >= 15 is 0 Å². The van der Waals surface area contributed by atoms with Gasteiger partial charge in [0.2, 0.25) is 0 Å². The number of carboxylic acids is 1. The molecule has 1 N–H and O–H groups in total. The molecule has 18 heavy (non-hydrogen) atoms. The maximum Gasteiger partial charge on any atom is 0.328 e. The molecule has 90 valence electrons. The largest absolute Gasteiger partial charge is 0.478 e. The Morgan fingerprint density at radius 2 is 2.11 bits per heavy atom. The van der Waals surface area contributed by atoms with E-state index in [9.17, 15) is 4.79 Å². The summed E-state index contributed by atoms with van der Waals surface area (Å²) in [6.45, 7) is 0. The average molecular weight is 274 g/mol. The van der Waals surface area contributed by atoms with Crippen molar-refractivity contribution >= 4 is 34.6 Å². The van der Waals surface area contributed by atoms with E-state index in [4.69, 9.17) is 5.11 Å². The predicted octanol–water partition coefficient (Wildman–Crippen LogP) is 3.87. The van der Waals surface area contributed by atoms with Gasteiger partial charge in [0.1, 0.15) is 0 Å². The zero-order chi connectivity index (χ0) is 12.5. The number of benzene rings is 1. The highest BCUT2D eigenvalue weighted by Crippen LogP contribution is 2.42. The lowest BCUT2D eigenvalue weighted by molar-refractivity contribution is -0.131. The monoisotopic (exact) mass is 274 g/mol. The molecular formula is C14H10O2S2. The zero-order valence-corrected chi connectivity index (χ0v) is 11.1. The average Bonchev–Trinajstić information content (AvgIpc) is 2.77. The second-order valence-electron chi connectivity index (χ2n) is 3.96. The molecule has 1 aliphatic heterocycles. The Bertz CT molecular complexity index is 641. The van der Waals surface area contributed by atoms with Gasteiger partial charge in [-0.15, -0.1) is 23.1 Å². The van der Waals surface area contributed by atoms with Gasteiger partial charge >= 0.3 is 5.97 Å². The second-order valence-corrected chi connectivity index (χ2v) is 5.89. The molecule has 3 rings (SSSR count). The molecule has 0 fully saturated rings. The fourth-order valence-corrected chi connectivity index (χ4v) is 4.26. The molecule has 0 saturated carbocycles. The topological polar surface area (TPSA) is 37.3 Å².